The molecule has 1 aromatic rings. The van der Waals surface area contributed by atoms with Gasteiger partial charge in [0.25, 0.3) is 0 Å². The lowest BCUT2D eigenvalue weighted by molar-refractivity contribution is 0.0981. The second kappa shape index (κ2) is 5.19. The van der Waals surface area contributed by atoms with Gasteiger partial charge in [-0.1, -0.05) is 35.7 Å². The zero-order valence-corrected chi connectivity index (χ0v) is 11.9. The molecule has 0 bridgehead atoms. The van der Waals surface area contributed by atoms with Crippen molar-refractivity contribution in [1.29, 1.82) is 0 Å². The summed E-state index contributed by atoms with van der Waals surface area (Å²) in [6, 6.07) is 4.67. The molecule has 1 atom stereocenters. The van der Waals surface area contributed by atoms with Crippen molar-refractivity contribution in [3.8, 4) is 0 Å². The van der Waals surface area contributed by atoms with Crippen LogP contribution < -0.4 is 0 Å². The maximum absolute atomic E-state index is 12.3. The lowest BCUT2D eigenvalue weighted by Crippen LogP contribution is -2.35. The zero-order valence-electron chi connectivity index (χ0n) is 9.53. The molecule has 98 valence electrons. The van der Waals surface area contributed by atoms with E-state index in [-0.39, 0.29) is 21.4 Å². The first kappa shape index (κ1) is 13.8. The number of Topliss-reactive ketones (excluding diaryl/α,β-unsaturated/α-hetero) is 1. The molecule has 1 saturated heterocycles. The van der Waals surface area contributed by atoms with Crippen LogP contribution in [0.5, 0.6) is 0 Å². The number of sulfone groups is 1. The van der Waals surface area contributed by atoms with Gasteiger partial charge in [0.2, 0.25) is 0 Å². The van der Waals surface area contributed by atoms with Crippen molar-refractivity contribution < 1.29 is 13.2 Å². The minimum Gasteiger partial charge on any atom is -0.293 e. The first-order valence-corrected chi connectivity index (χ1v) is 8.10. The Balaban J connectivity index is 2.39. The number of benzene rings is 1. The summed E-state index contributed by atoms with van der Waals surface area (Å²) in [4.78, 5) is 12.3. The van der Waals surface area contributed by atoms with Crippen LogP contribution in [0, 0.1) is 0 Å². The second-order valence-corrected chi connectivity index (χ2v) is 7.41. The summed E-state index contributed by atoms with van der Waals surface area (Å²) >= 11 is 11.8. The Labute approximate surface area is 116 Å². The molecule has 1 aliphatic rings. The Bertz CT molecular complexity index is 581. The number of carbonyl (C=O) groups is 1. The number of rotatable bonds is 2. The third-order valence-electron chi connectivity index (χ3n) is 3.09. The van der Waals surface area contributed by atoms with Gasteiger partial charge in [0.05, 0.1) is 15.8 Å². The van der Waals surface area contributed by atoms with Crippen molar-refractivity contribution in [2.24, 2.45) is 0 Å². The van der Waals surface area contributed by atoms with Crippen molar-refractivity contribution in [3.05, 3.63) is 33.8 Å². The summed E-state index contributed by atoms with van der Waals surface area (Å²) < 4.78 is 23.8. The molecular formula is C12H12Cl2O3S. The highest BCUT2D eigenvalue weighted by atomic mass is 35.5. The molecule has 0 amide bonds. The average Bonchev–Trinajstić information content (AvgIpc) is 2.31. The standard InChI is InChI=1S/C12H12Cl2O3S/c13-9-5-3-4-8(11(9)14)12(15)10-6-1-2-7-18(10,16)17/h3-5,10H,1-2,6-7H2. The Kier molecular flexibility index (Phi) is 3.99. The van der Waals surface area contributed by atoms with Crippen LogP contribution in [-0.4, -0.2) is 25.2 Å². The highest BCUT2D eigenvalue weighted by Gasteiger charge is 2.36. The van der Waals surface area contributed by atoms with Gasteiger partial charge in [0, 0.05) is 5.56 Å². The lowest BCUT2D eigenvalue weighted by Gasteiger charge is -2.21. The van der Waals surface area contributed by atoms with Gasteiger partial charge >= 0.3 is 0 Å². The fourth-order valence-corrected chi connectivity index (χ4v) is 4.38. The van der Waals surface area contributed by atoms with Crippen LogP contribution in [0.4, 0.5) is 0 Å². The number of halogens is 2. The van der Waals surface area contributed by atoms with Crippen molar-refractivity contribution >= 4 is 38.8 Å². The Morgan fingerprint density at radius 3 is 2.61 bits per heavy atom. The fourth-order valence-electron chi connectivity index (χ4n) is 2.12. The number of carbonyl (C=O) groups excluding carboxylic acids is 1. The normalized spacial score (nSPS) is 22.7. The molecule has 1 heterocycles. The smallest absolute Gasteiger partial charge is 0.182 e. The van der Waals surface area contributed by atoms with E-state index in [9.17, 15) is 13.2 Å². The molecule has 1 aliphatic heterocycles. The van der Waals surface area contributed by atoms with E-state index in [4.69, 9.17) is 23.2 Å². The molecule has 0 aromatic heterocycles. The zero-order chi connectivity index (χ0) is 13.3. The van der Waals surface area contributed by atoms with Crippen LogP contribution in [0.1, 0.15) is 29.6 Å². The topological polar surface area (TPSA) is 51.2 Å². The summed E-state index contributed by atoms with van der Waals surface area (Å²) in [5.41, 5.74) is 0.194. The summed E-state index contributed by atoms with van der Waals surface area (Å²) in [5.74, 6) is -0.371. The third kappa shape index (κ3) is 2.56. The SMILES string of the molecule is O=C(c1cccc(Cl)c1Cl)C1CCCCS1(=O)=O. The van der Waals surface area contributed by atoms with E-state index in [1.807, 2.05) is 0 Å². The van der Waals surface area contributed by atoms with E-state index in [2.05, 4.69) is 0 Å². The highest BCUT2D eigenvalue weighted by Crippen LogP contribution is 2.30. The van der Waals surface area contributed by atoms with E-state index >= 15 is 0 Å². The predicted octanol–water partition coefficient (Wildman–Crippen LogP) is 3.14. The molecule has 3 nitrogen and oxygen atoms in total. The molecule has 0 saturated carbocycles. The number of hydrogen-bond donors (Lipinski definition) is 0. The number of ketones is 1. The van der Waals surface area contributed by atoms with E-state index < -0.39 is 20.9 Å². The Morgan fingerprint density at radius 2 is 1.94 bits per heavy atom. The molecule has 1 fully saturated rings. The Morgan fingerprint density at radius 1 is 1.22 bits per heavy atom. The van der Waals surface area contributed by atoms with Gasteiger partial charge in [0.15, 0.2) is 15.6 Å². The van der Waals surface area contributed by atoms with Crippen molar-refractivity contribution in [2.75, 3.05) is 5.75 Å². The molecular weight excluding hydrogens is 295 g/mol. The van der Waals surface area contributed by atoms with Gasteiger partial charge in [-0.05, 0) is 25.0 Å². The molecule has 0 aliphatic carbocycles. The summed E-state index contributed by atoms with van der Waals surface area (Å²) in [6.45, 7) is 0. The first-order chi connectivity index (χ1) is 8.43. The van der Waals surface area contributed by atoms with Crippen LogP contribution >= 0.6 is 23.2 Å². The van der Waals surface area contributed by atoms with E-state index in [0.717, 1.165) is 6.42 Å². The molecule has 1 aromatic carbocycles. The first-order valence-electron chi connectivity index (χ1n) is 5.63. The van der Waals surface area contributed by atoms with E-state index in [1.165, 1.54) is 6.07 Å². The number of hydrogen-bond acceptors (Lipinski definition) is 3. The summed E-state index contributed by atoms with van der Waals surface area (Å²) in [5, 5.41) is -0.581. The quantitative estimate of drug-likeness (QED) is 0.789. The van der Waals surface area contributed by atoms with Gasteiger partial charge in [-0.2, -0.15) is 0 Å². The summed E-state index contributed by atoms with van der Waals surface area (Å²) in [7, 11) is -3.35. The molecule has 2 rings (SSSR count). The average molecular weight is 307 g/mol. The van der Waals surface area contributed by atoms with Crippen LogP contribution in [0.15, 0.2) is 18.2 Å². The minimum absolute atomic E-state index is 0.0710. The Hall–Kier alpha value is -0.580. The molecule has 0 radical (unpaired) electrons. The largest absolute Gasteiger partial charge is 0.293 e. The molecule has 6 heteroatoms. The predicted molar refractivity (Wildman–Crippen MR) is 72.2 cm³/mol. The lowest BCUT2D eigenvalue weighted by atomic mass is 10.0. The third-order valence-corrected chi connectivity index (χ3v) is 6.08. The molecule has 18 heavy (non-hydrogen) atoms. The van der Waals surface area contributed by atoms with Gasteiger partial charge in [0.1, 0.15) is 5.25 Å². The van der Waals surface area contributed by atoms with E-state index in [0.29, 0.717) is 12.8 Å². The van der Waals surface area contributed by atoms with Crippen LogP contribution in [-0.2, 0) is 9.84 Å². The van der Waals surface area contributed by atoms with Gasteiger partial charge in [-0.3, -0.25) is 4.79 Å². The minimum atomic E-state index is -3.35. The van der Waals surface area contributed by atoms with Gasteiger partial charge in [-0.25, -0.2) is 8.42 Å². The van der Waals surface area contributed by atoms with Crippen LogP contribution in [0.25, 0.3) is 0 Å². The second-order valence-electron chi connectivity index (χ2n) is 4.32. The maximum Gasteiger partial charge on any atom is 0.182 e. The molecule has 0 N–H and O–H groups in total. The molecule has 1 unspecified atom stereocenters. The van der Waals surface area contributed by atoms with Crippen molar-refractivity contribution in [1.82, 2.24) is 0 Å². The van der Waals surface area contributed by atoms with Crippen molar-refractivity contribution in [2.45, 2.75) is 24.5 Å². The maximum atomic E-state index is 12.3. The highest BCUT2D eigenvalue weighted by molar-refractivity contribution is 7.92. The van der Waals surface area contributed by atoms with Crippen LogP contribution in [0.3, 0.4) is 0 Å². The summed E-state index contributed by atoms with van der Waals surface area (Å²) in [6.07, 6.45) is 1.73. The van der Waals surface area contributed by atoms with E-state index in [1.54, 1.807) is 12.1 Å². The van der Waals surface area contributed by atoms with Gasteiger partial charge in [-0.15, -0.1) is 0 Å². The van der Waals surface area contributed by atoms with Crippen LogP contribution in [0.2, 0.25) is 10.0 Å². The molecule has 0 spiro atoms. The van der Waals surface area contributed by atoms with Gasteiger partial charge < -0.3 is 0 Å². The van der Waals surface area contributed by atoms with Crippen molar-refractivity contribution in [3.63, 3.8) is 0 Å². The monoisotopic (exact) mass is 306 g/mol. The fraction of sp³-hybridized carbons (Fsp3) is 0.417.